The predicted octanol–water partition coefficient (Wildman–Crippen LogP) is 2.34. The third kappa shape index (κ3) is 3.64. The average Bonchev–Trinajstić information content (AvgIpc) is 2.28. The molecule has 92 valence electrons. The molecule has 1 aromatic carbocycles. The maximum atomic E-state index is 12.5. The normalized spacial score (nSPS) is 11.0. The Labute approximate surface area is 97.0 Å². The van der Waals surface area contributed by atoms with Crippen LogP contribution in [0.2, 0.25) is 0 Å². The van der Waals surface area contributed by atoms with E-state index in [1.807, 2.05) is 0 Å². The first-order valence-corrected chi connectivity index (χ1v) is 5.04. The summed E-state index contributed by atoms with van der Waals surface area (Å²) in [4.78, 5) is 0. The van der Waals surface area contributed by atoms with Crippen LogP contribution in [-0.4, -0.2) is 13.1 Å². The highest BCUT2D eigenvalue weighted by atomic mass is 19.4. The molecule has 0 heterocycles. The summed E-state index contributed by atoms with van der Waals surface area (Å²) < 4.78 is 37.5. The van der Waals surface area contributed by atoms with E-state index in [1.54, 1.807) is 6.07 Å². The van der Waals surface area contributed by atoms with Crippen LogP contribution in [0.15, 0.2) is 18.2 Å². The standard InChI is InChI=1S/C11H12F3N3/c12-11(13,14)10-3-2-9(6-8(10)7-16)17-5-1-4-15/h2-3,6,17H,1,4-5,15H2. The van der Waals surface area contributed by atoms with E-state index in [2.05, 4.69) is 5.32 Å². The largest absolute Gasteiger partial charge is 0.417 e. The molecule has 0 bridgehead atoms. The fraction of sp³-hybridized carbons (Fsp3) is 0.364. The van der Waals surface area contributed by atoms with Crippen molar-refractivity contribution in [1.82, 2.24) is 0 Å². The van der Waals surface area contributed by atoms with Crippen LogP contribution in [-0.2, 0) is 6.18 Å². The summed E-state index contributed by atoms with van der Waals surface area (Å²) in [6.45, 7) is 1.06. The molecule has 0 saturated heterocycles. The van der Waals surface area contributed by atoms with Crippen molar-refractivity contribution in [2.75, 3.05) is 18.4 Å². The first kappa shape index (κ1) is 13.3. The van der Waals surface area contributed by atoms with E-state index in [9.17, 15) is 13.2 Å². The molecule has 0 radical (unpaired) electrons. The van der Waals surface area contributed by atoms with Crippen LogP contribution in [0.25, 0.3) is 0 Å². The number of nitriles is 1. The molecule has 6 heteroatoms. The third-order valence-corrected chi connectivity index (χ3v) is 2.16. The number of nitrogens with one attached hydrogen (secondary N) is 1. The van der Waals surface area contributed by atoms with Gasteiger partial charge in [0, 0.05) is 12.2 Å². The van der Waals surface area contributed by atoms with Crippen molar-refractivity contribution in [1.29, 1.82) is 5.26 Å². The fourth-order valence-electron chi connectivity index (χ4n) is 1.33. The van der Waals surface area contributed by atoms with Crippen LogP contribution in [0.3, 0.4) is 0 Å². The number of alkyl halides is 3. The molecule has 0 spiro atoms. The van der Waals surface area contributed by atoms with Crippen LogP contribution < -0.4 is 11.1 Å². The molecule has 0 unspecified atom stereocenters. The fourth-order valence-corrected chi connectivity index (χ4v) is 1.33. The average molecular weight is 243 g/mol. The monoisotopic (exact) mass is 243 g/mol. The zero-order valence-electron chi connectivity index (χ0n) is 9.01. The molecule has 17 heavy (non-hydrogen) atoms. The number of halogens is 3. The second-order valence-corrected chi connectivity index (χ2v) is 3.44. The third-order valence-electron chi connectivity index (χ3n) is 2.16. The van der Waals surface area contributed by atoms with Crippen molar-refractivity contribution >= 4 is 5.69 Å². The van der Waals surface area contributed by atoms with Crippen molar-refractivity contribution in [3.8, 4) is 6.07 Å². The smallest absolute Gasteiger partial charge is 0.385 e. The van der Waals surface area contributed by atoms with E-state index in [4.69, 9.17) is 11.0 Å². The summed E-state index contributed by atoms with van der Waals surface area (Å²) in [6, 6.07) is 4.95. The van der Waals surface area contributed by atoms with E-state index < -0.39 is 11.7 Å². The lowest BCUT2D eigenvalue weighted by Crippen LogP contribution is -2.10. The molecule has 0 aliphatic carbocycles. The number of rotatable bonds is 4. The topological polar surface area (TPSA) is 61.8 Å². The van der Waals surface area contributed by atoms with Crippen molar-refractivity contribution in [2.45, 2.75) is 12.6 Å². The predicted molar refractivity (Wildman–Crippen MR) is 58.3 cm³/mol. The van der Waals surface area contributed by atoms with Crippen molar-refractivity contribution in [2.24, 2.45) is 5.73 Å². The van der Waals surface area contributed by atoms with Gasteiger partial charge in [0.25, 0.3) is 0 Å². The first-order valence-electron chi connectivity index (χ1n) is 5.04. The summed E-state index contributed by atoms with van der Waals surface area (Å²) in [7, 11) is 0. The number of benzene rings is 1. The van der Waals surface area contributed by atoms with Gasteiger partial charge in [-0.15, -0.1) is 0 Å². The lowest BCUT2D eigenvalue weighted by molar-refractivity contribution is -0.137. The number of hydrogen-bond acceptors (Lipinski definition) is 3. The van der Waals surface area contributed by atoms with Crippen LogP contribution in [0, 0.1) is 11.3 Å². The van der Waals surface area contributed by atoms with Gasteiger partial charge in [-0.2, -0.15) is 18.4 Å². The lowest BCUT2D eigenvalue weighted by atomic mass is 10.1. The van der Waals surface area contributed by atoms with Gasteiger partial charge < -0.3 is 11.1 Å². The van der Waals surface area contributed by atoms with Gasteiger partial charge >= 0.3 is 6.18 Å². The number of anilines is 1. The van der Waals surface area contributed by atoms with Crippen molar-refractivity contribution < 1.29 is 13.2 Å². The van der Waals surface area contributed by atoms with Gasteiger partial charge in [-0.25, -0.2) is 0 Å². The van der Waals surface area contributed by atoms with E-state index in [0.29, 0.717) is 25.2 Å². The van der Waals surface area contributed by atoms with Gasteiger partial charge in [0.05, 0.1) is 17.2 Å². The van der Waals surface area contributed by atoms with E-state index in [-0.39, 0.29) is 5.56 Å². The van der Waals surface area contributed by atoms with Crippen LogP contribution in [0.4, 0.5) is 18.9 Å². The highest BCUT2D eigenvalue weighted by molar-refractivity contribution is 5.53. The molecule has 0 aliphatic rings. The number of hydrogen-bond donors (Lipinski definition) is 2. The Hall–Kier alpha value is -1.74. The summed E-state index contributed by atoms with van der Waals surface area (Å²) in [5.41, 5.74) is 4.49. The van der Waals surface area contributed by atoms with E-state index in [0.717, 1.165) is 6.07 Å². The first-order chi connectivity index (χ1) is 7.99. The number of nitrogens with two attached hydrogens (primary N) is 1. The molecular weight excluding hydrogens is 231 g/mol. The van der Waals surface area contributed by atoms with Crippen molar-refractivity contribution in [3.63, 3.8) is 0 Å². The van der Waals surface area contributed by atoms with Crippen LogP contribution in [0.5, 0.6) is 0 Å². The summed E-state index contributed by atoms with van der Waals surface area (Å²) in [5, 5.41) is 11.6. The second kappa shape index (κ2) is 5.55. The summed E-state index contributed by atoms with van der Waals surface area (Å²) >= 11 is 0. The molecule has 0 atom stereocenters. The molecule has 0 saturated carbocycles. The Morgan fingerprint density at radius 1 is 1.35 bits per heavy atom. The Kier molecular flexibility index (Phi) is 4.35. The molecule has 0 aliphatic heterocycles. The summed E-state index contributed by atoms with van der Waals surface area (Å²) in [5.74, 6) is 0. The van der Waals surface area contributed by atoms with Gasteiger partial charge in [-0.05, 0) is 31.2 Å². The molecule has 3 nitrogen and oxygen atoms in total. The van der Waals surface area contributed by atoms with Crippen LogP contribution in [0.1, 0.15) is 17.5 Å². The van der Waals surface area contributed by atoms with Crippen molar-refractivity contribution in [3.05, 3.63) is 29.3 Å². The Balaban J connectivity index is 2.90. The molecule has 0 fully saturated rings. The van der Waals surface area contributed by atoms with Gasteiger partial charge in [0.2, 0.25) is 0 Å². The quantitative estimate of drug-likeness (QED) is 0.798. The van der Waals surface area contributed by atoms with E-state index in [1.165, 1.54) is 12.1 Å². The Morgan fingerprint density at radius 2 is 2.06 bits per heavy atom. The minimum atomic E-state index is -4.50. The van der Waals surface area contributed by atoms with Gasteiger partial charge in [-0.1, -0.05) is 0 Å². The van der Waals surface area contributed by atoms with Gasteiger partial charge in [-0.3, -0.25) is 0 Å². The molecule has 0 amide bonds. The zero-order valence-corrected chi connectivity index (χ0v) is 9.01. The SMILES string of the molecule is N#Cc1cc(NCCCN)ccc1C(F)(F)F. The second-order valence-electron chi connectivity index (χ2n) is 3.44. The number of nitrogens with zero attached hydrogens (tertiary/aromatic N) is 1. The van der Waals surface area contributed by atoms with Gasteiger partial charge in [0.15, 0.2) is 0 Å². The van der Waals surface area contributed by atoms with Gasteiger partial charge in [0.1, 0.15) is 0 Å². The maximum absolute atomic E-state index is 12.5. The van der Waals surface area contributed by atoms with E-state index >= 15 is 0 Å². The van der Waals surface area contributed by atoms with Crippen LogP contribution >= 0.6 is 0 Å². The molecular formula is C11H12F3N3. The molecule has 1 rings (SSSR count). The Morgan fingerprint density at radius 3 is 2.59 bits per heavy atom. The minimum absolute atomic E-state index is 0.379. The lowest BCUT2D eigenvalue weighted by Gasteiger charge is -2.11. The Bertz CT molecular complexity index is 421. The molecule has 1 aromatic rings. The minimum Gasteiger partial charge on any atom is -0.385 e. The maximum Gasteiger partial charge on any atom is 0.417 e. The molecule has 0 aromatic heterocycles. The molecule has 3 N–H and O–H groups in total. The highest BCUT2D eigenvalue weighted by Crippen LogP contribution is 2.32. The summed E-state index contributed by atoms with van der Waals surface area (Å²) in [6.07, 6.45) is -3.79. The highest BCUT2D eigenvalue weighted by Gasteiger charge is 2.33. The zero-order chi connectivity index (χ0) is 12.9.